The van der Waals surface area contributed by atoms with Gasteiger partial charge in [-0.05, 0) is 6.42 Å². The Kier molecular flexibility index (Phi) is 11.1. The standard InChI is InChI=1S/C5H10ClNO2.ClH/c1-2-3-9-5(8)7-4-6;/h2-4H2,1H3,(H,7,8);1H. The normalized spacial score (nSPS) is 7.80. The summed E-state index contributed by atoms with van der Waals surface area (Å²) in [6.07, 6.45) is 0.377. The number of amides is 1. The highest BCUT2D eigenvalue weighted by Crippen LogP contribution is 1.81. The van der Waals surface area contributed by atoms with Crippen LogP contribution in [0, 0.1) is 0 Å². The lowest BCUT2D eigenvalue weighted by Gasteiger charge is -2.00. The van der Waals surface area contributed by atoms with Crippen molar-refractivity contribution >= 4 is 30.1 Å². The van der Waals surface area contributed by atoms with Crippen molar-refractivity contribution in [3.63, 3.8) is 0 Å². The van der Waals surface area contributed by atoms with E-state index in [9.17, 15) is 4.79 Å². The molecule has 0 aromatic carbocycles. The van der Waals surface area contributed by atoms with Crippen LogP contribution in [-0.4, -0.2) is 18.7 Å². The maximum Gasteiger partial charge on any atom is 0.408 e. The Morgan fingerprint density at radius 3 is 2.70 bits per heavy atom. The monoisotopic (exact) mass is 187 g/mol. The van der Waals surface area contributed by atoms with Gasteiger partial charge in [-0.15, -0.1) is 24.0 Å². The molecule has 3 nitrogen and oxygen atoms in total. The van der Waals surface area contributed by atoms with Crippen molar-refractivity contribution in [2.24, 2.45) is 0 Å². The maximum atomic E-state index is 10.4. The minimum absolute atomic E-state index is 0. The smallest absolute Gasteiger partial charge is 0.408 e. The van der Waals surface area contributed by atoms with Crippen molar-refractivity contribution in [2.45, 2.75) is 13.3 Å². The average Bonchev–Trinajstić information content (AvgIpc) is 1.85. The molecule has 0 aliphatic carbocycles. The highest BCUT2D eigenvalue weighted by molar-refractivity contribution is 6.18. The average molecular weight is 188 g/mol. The molecule has 1 N–H and O–H groups in total. The van der Waals surface area contributed by atoms with Gasteiger partial charge in [0.2, 0.25) is 0 Å². The third kappa shape index (κ3) is 7.85. The molecule has 5 heteroatoms. The number of rotatable bonds is 3. The fourth-order valence-electron chi connectivity index (χ4n) is 0.300. The van der Waals surface area contributed by atoms with E-state index in [4.69, 9.17) is 11.6 Å². The van der Waals surface area contributed by atoms with E-state index in [0.29, 0.717) is 6.61 Å². The van der Waals surface area contributed by atoms with Crippen molar-refractivity contribution in [3.05, 3.63) is 0 Å². The second-order valence-corrected chi connectivity index (χ2v) is 1.71. The number of hydrogen-bond donors (Lipinski definition) is 1. The molecule has 0 radical (unpaired) electrons. The Labute approximate surface area is 71.5 Å². The predicted octanol–water partition coefficient (Wildman–Crippen LogP) is 1.74. The number of nitrogens with one attached hydrogen (secondary N) is 1. The van der Waals surface area contributed by atoms with E-state index in [0.717, 1.165) is 6.42 Å². The van der Waals surface area contributed by atoms with Crippen molar-refractivity contribution in [2.75, 3.05) is 12.6 Å². The van der Waals surface area contributed by atoms with E-state index in [1.807, 2.05) is 6.92 Å². The quantitative estimate of drug-likeness (QED) is 0.541. The van der Waals surface area contributed by atoms with Gasteiger partial charge in [0.15, 0.2) is 0 Å². The first-order chi connectivity index (χ1) is 4.31. The van der Waals surface area contributed by atoms with Gasteiger partial charge in [-0.3, -0.25) is 0 Å². The van der Waals surface area contributed by atoms with Gasteiger partial charge in [0.25, 0.3) is 0 Å². The number of alkyl halides is 1. The van der Waals surface area contributed by atoms with Gasteiger partial charge in [-0.1, -0.05) is 6.92 Å². The summed E-state index contributed by atoms with van der Waals surface area (Å²) >= 11 is 5.16. The molecule has 0 rings (SSSR count). The molecule has 0 aromatic rings. The van der Waals surface area contributed by atoms with Gasteiger partial charge in [-0.2, -0.15) is 0 Å². The Balaban J connectivity index is 0. The van der Waals surface area contributed by atoms with Crippen LogP contribution in [0.4, 0.5) is 4.79 Å². The van der Waals surface area contributed by atoms with Crippen molar-refractivity contribution < 1.29 is 9.53 Å². The van der Waals surface area contributed by atoms with Gasteiger partial charge < -0.3 is 10.1 Å². The minimum atomic E-state index is -0.452. The van der Waals surface area contributed by atoms with E-state index >= 15 is 0 Å². The zero-order chi connectivity index (χ0) is 7.11. The van der Waals surface area contributed by atoms with Crippen molar-refractivity contribution in [1.29, 1.82) is 0 Å². The van der Waals surface area contributed by atoms with Gasteiger partial charge in [0, 0.05) is 0 Å². The van der Waals surface area contributed by atoms with Crippen LogP contribution < -0.4 is 5.32 Å². The second kappa shape index (κ2) is 8.85. The molecule has 0 spiro atoms. The van der Waals surface area contributed by atoms with E-state index < -0.39 is 6.09 Å². The SMILES string of the molecule is CCCOC(=O)NCCl.Cl. The molecule has 0 aliphatic rings. The summed E-state index contributed by atoms with van der Waals surface area (Å²) < 4.78 is 4.60. The Bertz CT molecular complexity index is 89.7. The lowest BCUT2D eigenvalue weighted by Crippen LogP contribution is -2.22. The first-order valence-corrected chi connectivity index (χ1v) is 3.31. The summed E-state index contributed by atoms with van der Waals surface area (Å²) in [7, 11) is 0. The summed E-state index contributed by atoms with van der Waals surface area (Å²) in [4.78, 5) is 10.4. The first kappa shape index (κ1) is 12.5. The molecule has 0 aromatic heterocycles. The topological polar surface area (TPSA) is 38.3 Å². The fourth-order valence-corrected chi connectivity index (χ4v) is 0.409. The van der Waals surface area contributed by atoms with Gasteiger partial charge in [0.05, 0.1) is 12.6 Å². The van der Waals surface area contributed by atoms with Crippen LogP contribution in [0.2, 0.25) is 0 Å². The largest absolute Gasteiger partial charge is 0.450 e. The van der Waals surface area contributed by atoms with Crippen LogP contribution in [-0.2, 0) is 4.74 Å². The van der Waals surface area contributed by atoms with Crippen molar-refractivity contribution in [3.8, 4) is 0 Å². The number of alkyl carbamates (subject to hydrolysis) is 1. The molecule has 0 heterocycles. The molecule has 0 saturated heterocycles. The number of halogens is 2. The third-order valence-corrected chi connectivity index (χ3v) is 0.782. The Morgan fingerprint density at radius 2 is 2.30 bits per heavy atom. The molecule has 0 bridgehead atoms. The predicted molar refractivity (Wildman–Crippen MR) is 42.7 cm³/mol. The minimum Gasteiger partial charge on any atom is -0.450 e. The first-order valence-electron chi connectivity index (χ1n) is 2.77. The van der Waals surface area contributed by atoms with Crippen molar-refractivity contribution in [1.82, 2.24) is 5.32 Å². The second-order valence-electron chi connectivity index (χ2n) is 1.45. The van der Waals surface area contributed by atoms with Gasteiger partial charge in [-0.25, -0.2) is 4.79 Å². The highest BCUT2D eigenvalue weighted by atomic mass is 35.5. The molecule has 0 saturated carbocycles. The van der Waals surface area contributed by atoms with E-state index in [1.165, 1.54) is 0 Å². The van der Waals surface area contributed by atoms with Crippen LogP contribution in [0.1, 0.15) is 13.3 Å². The van der Waals surface area contributed by atoms with E-state index in [1.54, 1.807) is 0 Å². The number of carbonyl (C=O) groups excluding carboxylic acids is 1. The zero-order valence-electron chi connectivity index (χ0n) is 5.72. The molecule has 0 atom stereocenters. The zero-order valence-corrected chi connectivity index (χ0v) is 7.30. The maximum absolute atomic E-state index is 10.4. The number of ether oxygens (including phenoxy) is 1. The van der Waals surface area contributed by atoms with Crippen LogP contribution >= 0.6 is 24.0 Å². The Hall–Kier alpha value is -0.150. The van der Waals surface area contributed by atoms with Crippen LogP contribution in [0.3, 0.4) is 0 Å². The lowest BCUT2D eigenvalue weighted by atomic mass is 10.5. The highest BCUT2D eigenvalue weighted by Gasteiger charge is 1.95. The Morgan fingerprint density at radius 1 is 1.70 bits per heavy atom. The van der Waals surface area contributed by atoms with Crippen LogP contribution in [0.5, 0.6) is 0 Å². The molecule has 0 fully saturated rings. The lowest BCUT2D eigenvalue weighted by molar-refractivity contribution is 0.148. The summed E-state index contributed by atoms with van der Waals surface area (Å²) in [5.41, 5.74) is 0. The summed E-state index contributed by atoms with van der Waals surface area (Å²) in [6, 6.07) is 0.0997. The molecule has 0 unspecified atom stereocenters. The summed E-state index contributed by atoms with van der Waals surface area (Å²) in [6.45, 7) is 2.37. The van der Waals surface area contributed by atoms with Gasteiger partial charge >= 0.3 is 6.09 Å². The van der Waals surface area contributed by atoms with Gasteiger partial charge in [0.1, 0.15) is 0 Å². The molecular weight excluding hydrogens is 177 g/mol. The molecule has 0 aliphatic heterocycles. The summed E-state index contributed by atoms with van der Waals surface area (Å²) in [5.74, 6) is 0. The van der Waals surface area contributed by atoms with E-state index in [2.05, 4.69) is 10.1 Å². The molecule has 1 amide bonds. The summed E-state index contributed by atoms with van der Waals surface area (Å²) in [5, 5.41) is 2.28. The molecular formula is C5H11Cl2NO2. The number of hydrogen-bond acceptors (Lipinski definition) is 2. The fraction of sp³-hybridized carbons (Fsp3) is 0.800. The number of carbonyl (C=O) groups is 1. The molecule has 62 valence electrons. The van der Waals surface area contributed by atoms with Crippen LogP contribution in [0.15, 0.2) is 0 Å². The molecule has 10 heavy (non-hydrogen) atoms. The van der Waals surface area contributed by atoms with Crippen LogP contribution in [0.25, 0.3) is 0 Å². The third-order valence-electron chi connectivity index (χ3n) is 0.648. The van der Waals surface area contributed by atoms with E-state index in [-0.39, 0.29) is 18.4 Å².